The second kappa shape index (κ2) is 8.32. The Kier molecular flexibility index (Phi) is 6.66. The average Bonchev–Trinajstić information content (AvgIpc) is 2.53. The van der Waals surface area contributed by atoms with Crippen molar-refractivity contribution in [3.63, 3.8) is 0 Å². The molecule has 0 spiro atoms. The molecule has 134 valence electrons. The number of hydrogen-bond donors (Lipinski definition) is 1. The molecule has 1 aromatic carbocycles. The van der Waals surface area contributed by atoms with E-state index in [2.05, 4.69) is 12.2 Å². The van der Waals surface area contributed by atoms with Gasteiger partial charge in [-0.3, -0.25) is 4.79 Å². The van der Waals surface area contributed by atoms with E-state index in [9.17, 15) is 13.2 Å². The number of rotatable bonds is 6. The highest BCUT2D eigenvalue weighted by Gasteiger charge is 2.27. The van der Waals surface area contributed by atoms with Crippen molar-refractivity contribution in [2.45, 2.75) is 44.4 Å². The lowest BCUT2D eigenvalue weighted by atomic mass is 10.0. The molecular weight excluding hydrogens is 348 g/mol. The first kappa shape index (κ1) is 19.2. The van der Waals surface area contributed by atoms with Gasteiger partial charge in [0.1, 0.15) is 5.38 Å². The minimum atomic E-state index is -3.34. The molecule has 1 fully saturated rings. The molecule has 24 heavy (non-hydrogen) atoms. The summed E-state index contributed by atoms with van der Waals surface area (Å²) in [5.41, 5.74) is 1.52. The predicted molar refractivity (Wildman–Crippen MR) is 96.2 cm³/mol. The van der Waals surface area contributed by atoms with Crippen molar-refractivity contribution in [2.75, 3.05) is 13.1 Å². The van der Waals surface area contributed by atoms with Crippen LogP contribution in [0.15, 0.2) is 24.3 Å². The SMILES string of the molecule is CC1CCN(S(=O)(=O)Cc2ccccc2CNC(=O)C(C)Cl)CC1. The zero-order valence-corrected chi connectivity index (χ0v) is 15.7. The first-order valence-electron chi connectivity index (χ1n) is 8.26. The van der Waals surface area contributed by atoms with Crippen molar-refractivity contribution in [2.24, 2.45) is 5.92 Å². The molecule has 1 aliphatic heterocycles. The monoisotopic (exact) mass is 372 g/mol. The molecule has 1 atom stereocenters. The Morgan fingerprint density at radius 3 is 2.46 bits per heavy atom. The number of nitrogens with one attached hydrogen (secondary N) is 1. The molecule has 1 aliphatic rings. The van der Waals surface area contributed by atoms with Crippen LogP contribution in [0, 0.1) is 5.92 Å². The number of sulfonamides is 1. The van der Waals surface area contributed by atoms with E-state index < -0.39 is 15.4 Å². The number of halogens is 1. The van der Waals surface area contributed by atoms with Crippen LogP contribution in [0.3, 0.4) is 0 Å². The number of benzene rings is 1. The Balaban J connectivity index is 2.07. The molecule has 0 aromatic heterocycles. The first-order chi connectivity index (χ1) is 11.3. The van der Waals surface area contributed by atoms with E-state index in [-0.39, 0.29) is 18.2 Å². The lowest BCUT2D eigenvalue weighted by molar-refractivity contribution is -0.120. The minimum absolute atomic E-state index is 0.0378. The Bertz CT molecular complexity index is 668. The molecule has 0 aliphatic carbocycles. The molecule has 5 nitrogen and oxygen atoms in total. The maximum absolute atomic E-state index is 12.7. The van der Waals surface area contributed by atoms with Gasteiger partial charge in [-0.05, 0) is 36.8 Å². The van der Waals surface area contributed by atoms with Crippen LogP contribution < -0.4 is 5.32 Å². The highest BCUT2D eigenvalue weighted by atomic mass is 35.5. The van der Waals surface area contributed by atoms with Gasteiger partial charge in [0.15, 0.2) is 0 Å². The van der Waals surface area contributed by atoms with Crippen molar-refractivity contribution in [1.29, 1.82) is 0 Å². The molecule has 0 saturated carbocycles. The van der Waals surface area contributed by atoms with Gasteiger partial charge in [0, 0.05) is 19.6 Å². The van der Waals surface area contributed by atoms with E-state index in [1.165, 1.54) is 0 Å². The van der Waals surface area contributed by atoms with Crippen molar-refractivity contribution in [1.82, 2.24) is 9.62 Å². The van der Waals surface area contributed by atoms with E-state index in [0.29, 0.717) is 19.0 Å². The number of alkyl halides is 1. The third-order valence-electron chi connectivity index (χ3n) is 4.41. The number of hydrogen-bond acceptors (Lipinski definition) is 3. The van der Waals surface area contributed by atoms with E-state index >= 15 is 0 Å². The normalized spacial score (nSPS) is 18.3. The van der Waals surface area contributed by atoms with Crippen LogP contribution in [0.2, 0.25) is 0 Å². The summed E-state index contributed by atoms with van der Waals surface area (Å²) in [6, 6.07) is 7.29. The summed E-state index contributed by atoms with van der Waals surface area (Å²) in [6.45, 7) is 5.21. The third kappa shape index (κ3) is 5.19. The largest absolute Gasteiger partial charge is 0.351 e. The van der Waals surface area contributed by atoms with Crippen LogP contribution in [0.5, 0.6) is 0 Å². The van der Waals surface area contributed by atoms with Crippen LogP contribution in [0.4, 0.5) is 0 Å². The summed E-state index contributed by atoms with van der Waals surface area (Å²) in [4.78, 5) is 11.6. The zero-order chi connectivity index (χ0) is 17.7. The standard InChI is InChI=1S/C17H25ClN2O3S/c1-13-7-9-20(10-8-13)24(22,23)12-16-6-4-3-5-15(16)11-19-17(21)14(2)18/h3-6,13-14H,7-12H2,1-2H3,(H,19,21). The van der Waals surface area contributed by atoms with E-state index in [1.807, 2.05) is 18.2 Å². The summed E-state index contributed by atoms with van der Waals surface area (Å²) in [5, 5.41) is 2.12. The molecule has 1 amide bonds. The third-order valence-corrected chi connectivity index (χ3v) is 6.43. The van der Waals surface area contributed by atoms with Crippen LogP contribution in [-0.2, 0) is 27.1 Å². The second-order valence-electron chi connectivity index (χ2n) is 6.44. The molecule has 1 N–H and O–H groups in total. The fraction of sp³-hybridized carbons (Fsp3) is 0.588. The van der Waals surface area contributed by atoms with Crippen molar-refractivity contribution < 1.29 is 13.2 Å². The fourth-order valence-corrected chi connectivity index (χ4v) is 4.45. The van der Waals surface area contributed by atoms with Gasteiger partial charge in [-0.15, -0.1) is 11.6 Å². The molecular formula is C17H25ClN2O3S. The lowest BCUT2D eigenvalue weighted by Crippen LogP contribution is -2.38. The summed E-state index contributed by atoms with van der Waals surface area (Å²) in [7, 11) is -3.34. The summed E-state index contributed by atoms with van der Waals surface area (Å²) in [6.07, 6.45) is 1.81. The molecule has 2 rings (SSSR count). The molecule has 1 heterocycles. The highest BCUT2D eigenvalue weighted by molar-refractivity contribution is 7.88. The number of piperidine rings is 1. The second-order valence-corrected chi connectivity index (χ2v) is 9.06. The Hall–Kier alpha value is -1.11. The van der Waals surface area contributed by atoms with E-state index in [0.717, 1.165) is 24.0 Å². The van der Waals surface area contributed by atoms with Gasteiger partial charge in [-0.25, -0.2) is 12.7 Å². The number of amides is 1. The summed E-state index contributed by atoms with van der Waals surface area (Å²) < 4.78 is 26.9. The summed E-state index contributed by atoms with van der Waals surface area (Å²) in [5.74, 6) is 0.278. The number of nitrogens with zero attached hydrogens (tertiary/aromatic N) is 1. The average molecular weight is 373 g/mol. The van der Waals surface area contributed by atoms with Crippen molar-refractivity contribution in [3.8, 4) is 0 Å². The quantitative estimate of drug-likeness (QED) is 0.780. The maximum atomic E-state index is 12.7. The van der Waals surface area contributed by atoms with E-state index in [1.54, 1.807) is 17.3 Å². The minimum Gasteiger partial charge on any atom is -0.351 e. The van der Waals surface area contributed by atoms with Crippen LogP contribution in [0.25, 0.3) is 0 Å². The van der Waals surface area contributed by atoms with Gasteiger partial charge in [0.2, 0.25) is 15.9 Å². The lowest BCUT2D eigenvalue weighted by Gasteiger charge is -2.29. The van der Waals surface area contributed by atoms with Gasteiger partial charge in [-0.2, -0.15) is 0 Å². The van der Waals surface area contributed by atoms with Gasteiger partial charge in [-0.1, -0.05) is 31.2 Å². The van der Waals surface area contributed by atoms with Crippen molar-refractivity contribution >= 4 is 27.5 Å². The molecule has 0 radical (unpaired) electrons. The van der Waals surface area contributed by atoms with E-state index in [4.69, 9.17) is 11.6 Å². The van der Waals surface area contributed by atoms with Gasteiger partial charge in [0.05, 0.1) is 5.75 Å². The predicted octanol–water partition coefficient (Wildman–Crippen LogP) is 2.49. The molecule has 0 bridgehead atoms. The molecule has 1 aromatic rings. The number of carbonyl (C=O) groups is 1. The topological polar surface area (TPSA) is 66.5 Å². The highest BCUT2D eigenvalue weighted by Crippen LogP contribution is 2.22. The van der Waals surface area contributed by atoms with Crippen LogP contribution in [-0.4, -0.2) is 37.1 Å². The molecule has 1 saturated heterocycles. The Morgan fingerprint density at radius 2 is 1.88 bits per heavy atom. The van der Waals surface area contributed by atoms with Gasteiger partial charge < -0.3 is 5.32 Å². The molecule has 1 unspecified atom stereocenters. The van der Waals surface area contributed by atoms with Crippen molar-refractivity contribution in [3.05, 3.63) is 35.4 Å². The van der Waals surface area contributed by atoms with Gasteiger partial charge >= 0.3 is 0 Å². The Morgan fingerprint density at radius 1 is 1.29 bits per heavy atom. The number of carbonyl (C=O) groups excluding carboxylic acids is 1. The maximum Gasteiger partial charge on any atom is 0.238 e. The van der Waals surface area contributed by atoms with Gasteiger partial charge in [0.25, 0.3) is 0 Å². The smallest absolute Gasteiger partial charge is 0.238 e. The molecule has 7 heteroatoms. The first-order valence-corrected chi connectivity index (χ1v) is 10.3. The van der Waals surface area contributed by atoms with Crippen LogP contribution >= 0.6 is 11.6 Å². The van der Waals surface area contributed by atoms with Crippen LogP contribution in [0.1, 0.15) is 37.8 Å². The Labute approximate surface area is 149 Å². The zero-order valence-electron chi connectivity index (χ0n) is 14.2. The fourth-order valence-electron chi connectivity index (χ4n) is 2.74. The summed E-state index contributed by atoms with van der Waals surface area (Å²) >= 11 is 5.74.